The highest BCUT2D eigenvalue weighted by molar-refractivity contribution is 5.99. The highest BCUT2D eigenvalue weighted by atomic mass is 16.5. The molecule has 2 aromatic rings. The van der Waals surface area contributed by atoms with Crippen molar-refractivity contribution in [3.8, 4) is 5.88 Å². The fourth-order valence-electron chi connectivity index (χ4n) is 3.40. The second-order valence-corrected chi connectivity index (χ2v) is 6.57. The molecule has 0 aliphatic carbocycles. The van der Waals surface area contributed by atoms with E-state index in [1.165, 1.54) is 0 Å². The number of carbonyl (C=O) groups is 1. The van der Waals surface area contributed by atoms with Crippen molar-refractivity contribution in [3.05, 3.63) is 53.2 Å². The van der Waals surface area contributed by atoms with Crippen LogP contribution in [-0.4, -0.2) is 31.2 Å². The number of hydrogen-bond donors (Lipinski definition) is 1. The van der Waals surface area contributed by atoms with Gasteiger partial charge in [0.15, 0.2) is 0 Å². The SMILES string of the molecule is COc1ncc(NC(=O)C2(c3cccc(C)c3)CCOCC2)cc1C. The molecule has 1 aromatic carbocycles. The van der Waals surface area contributed by atoms with Crippen molar-refractivity contribution < 1.29 is 14.3 Å². The maximum absolute atomic E-state index is 13.2. The van der Waals surface area contributed by atoms with Crippen LogP contribution in [0.15, 0.2) is 36.5 Å². The van der Waals surface area contributed by atoms with Crippen molar-refractivity contribution in [1.29, 1.82) is 0 Å². The van der Waals surface area contributed by atoms with Gasteiger partial charge in [0.2, 0.25) is 11.8 Å². The second kappa shape index (κ2) is 7.23. The van der Waals surface area contributed by atoms with E-state index in [4.69, 9.17) is 9.47 Å². The quantitative estimate of drug-likeness (QED) is 0.927. The van der Waals surface area contributed by atoms with E-state index in [0.717, 1.165) is 16.7 Å². The first-order chi connectivity index (χ1) is 12.0. The summed E-state index contributed by atoms with van der Waals surface area (Å²) in [5.74, 6) is 0.560. The van der Waals surface area contributed by atoms with Gasteiger partial charge in [0.05, 0.1) is 24.4 Å². The average molecular weight is 340 g/mol. The summed E-state index contributed by atoms with van der Waals surface area (Å²) in [5.41, 5.74) is 3.20. The summed E-state index contributed by atoms with van der Waals surface area (Å²) >= 11 is 0. The van der Waals surface area contributed by atoms with E-state index in [1.54, 1.807) is 13.3 Å². The molecule has 5 nitrogen and oxygen atoms in total. The monoisotopic (exact) mass is 340 g/mol. The van der Waals surface area contributed by atoms with Crippen LogP contribution in [0.5, 0.6) is 5.88 Å². The largest absolute Gasteiger partial charge is 0.481 e. The van der Waals surface area contributed by atoms with Crippen LogP contribution in [0.4, 0.5) is 5.69 Å². The molecule has 1 aliphatic rings. The number of methoxy groups -OCH3 is 1. The Morgan fingerprint density at radius 2 is 2.00 bits per heavy atom. The molecule has 1 N–H and O–H groups in total. The van der Waals surface area contributed by atoms with Crippen LogP contribution >= 0.6 is 0 Å². The Morgan fingerprint density at radius 3 is 2.64 bits per heavy atom. The van der Waals surface area contributed by atoms with Gasteiger partial charge in [-0.05, 0) is 38.3 Å². The van der Waals surface area contributed by atoms with Gasteiger partial charge in [-0.15, -0.1) is 0 Å². The number of aromatic nitrogens is 1. The molecule has 1 amide bonds. The molecule has 25 heavy (non-hydrogen) atoms. The van der Waals surface area contributed by atoms with Gasteiger partial charge >= 0.3 is 0 Å². The zero-order valence-electron chi connectivity index (χ0n) is 15.0. The highest BCUT2D eigenvalue weighted by Gasteiger charge is 2.41. The molecular formula is C20H24N2O3. The first kappa shape index (κ1) is 17.4. The number of carbonyl (C=O) groups excluding carboxylic acids is 1. The minimum Gasteiger partial charge on any atom is -0.481 e. The molecule has 0 atom stereocenters. The van der Waals surface area contributed by atoms with Gasteiger partial charge in [-0.3, -0.25) is 4.79 Å². The van der Waals surface area contributed by atoms with Gasteiger partial charge < -0.3 is 14.8 Å². The summed E-state index contributed by atoms with van der Waals surface area (Å²) in [4.78, 5) is 17.5. The Hall–Kier alpha value is -2.40. The molecule has 2 heterocycles. The van der Waals surface area contributed by atoms with E-state index in [1.807, 2.05) is 38.1 Å². The average Bonchev–Trinajstić information content (AvgIpc) is 2.62. The summed E-state index contributed by atoms with van der Waals surface area (Å²) < 4.78 is 10.7. The normalized spacial score (nSPS) is 16.3. The predicted octanol–water partition coefficient (Wildman–Crippen LogP) is 3.39. The predicted molar refractivity (Wildman–Crippen MR) is 97.1 cm³/mol. The van der Waals surface area contributed by atoms with Crippen LogP contribution in [0.2, 0.25) is 0 Å². The van der Waals surface area contributed by atoms with E-state index in [2.05, 4.69) is 16.4 Å². The third-order valence-electron chi connectivity index (χ3n) is 4.83. The number of nitrogens with zero attached hydrogens (tertiary/aromatic N) is 1. The Morgan fingerprint density at radius 1 is 1.24 bits per heavy atom. The van der Waals surface area contributed by atoms with Crippen LogP contribution in [0.3, 0.4) is 0 Å². The van der Waals surface area contributed by atoms with E-state index >= 15 is 0 Å². The van der Waals surface area contributed by atoms with Crippen molar-refractivity contribution in [2.24, 2.45) is 0 Å². The summed E-state index contributed by atoms with van der Waals surface area (Å²) in [5, 5.41) is 3.05. The van der Waals surface area contributed by atoms with Crippen LogP contribution in [0, 0.1) is 13.8 Å². The van der Waals surface area contributed by atoms with E-state index in [-0.39, 0.29) is 5.91 Å². The van der Waals surface area contributed by atoms with E-state index < -0.39 is 5.41 Å². The minimum atomic E-state index is -0.571. The number of nitrogens with one attached hydrogen (secondary N) is 1. The van der Waals surface area contributed by atoms with Crippen LogP contribution in [-0.2, 0) is 14.9 Å². The molecule has 3 rings (SSSR count). The fourth-order valence-corrected chi connectivity index (χ4v) is 3.40. The lowest BCUT2D eigenvalue weighted by Crippen LogP contribution is -2.44. The third kappa shape index (κ3) is 3.51. The fraction of sp³-hybridized carbons (Fsp3) is 0.400. The van der Waals surface area contributed by atoms with Gasteiger partial charge in [0.1, 0.15) is 0 Å². The van der Waals surface area contributed by atoms with Crippen LogP contribution in [0.1, 0.15) is 29.5 Å². The molecule has 132 valence electrons. The lowest BCUT2D eigenvalue weighted by molar-refractivity contribution is -0.125. The van der Waals surface area contributed by atoms with Crippen molar-refractivity contribution in [2.45, 2.75) is 32.1 Å². The topological polar surface area (TPSA) is 60.5 Å². The van der Waals surface area contributed by atoms with E-state index in [9.17, 15) is 4.79 Å². The molecule has 0 spiro atoms. The maximum Gasteiger partial charge on any atom is 0.235 e. The molecule has 1 saturated heterocycles. The first-order valence-corrected chi connectivity index (χ1v) is 8.52. The molecule has 0 bridgehead atoms. The first-order valence-electron chi connectivity index (χ1n) is 8.52. The van der Waals surface area contributed by atoms with Crippen molar-refractivity contribution in [2.75, 3.05) is 25.6 Å². The number of anilines is 1. The molecule has 0 radical (unpaired) electrons. The Kier molecular flexibility index (Phi) is 5.04. The Labute approximate surface area is 148 Å². The molecule has 1 aromatic heterocycles. The lowest BCUT2D eigenvalue weighted by atomic mass is 9.73. The molecule has 1 aliphatic heterocycles. The van der Waals surface area contributed by atoms with Gasteiger partial charge in [-0.2, -0.15) is 0 Å². The Balaban J connectivity index is 1.91. The molecule has 0 unspecified atom stereocenters. The van der Waals surface area contributed by atoms with Gasteiger partial charge in [0.25, 0.3) is 0 Å². The summed E-state index contributed by atoms with van der Waals surface area (Å²) in [6.07, 6.45) is 2.97. The third-order valence-corrected chi connectivity index (χ3v) is 4.83. The van der Waals surface area contributed by atoms with Gasteiger partial charge in [-0.1, -0.05) is 29.8 Å². The highest BCUT2D eigenvalue weighted by Crippen LogP contribution is 2.36. The summed E-state index contributed by atoms with van der Waals surface area (Å²) in [7, 11) is 1.59. The molecule has 1 fully saturated rings. The zero-order valence-corrected chi connectivity index (χ0v) is 15.0. The zero-order chi connectivity index (χ0) is 17.9. The smallest absolute Gasteiger partial charge is 0.235 e. The summed E-state index contributed by atoms with van der Waals surface area (Å²) in [6.45, 7) is 5.12. The van der Waals surface area contributed by atoms with Crippen molar-refractivity contribution >= 4 is 11.6 Å². The Bertz CT molecular complexity index is 767. The van der Waals surface area contributed by atoms with Crippen LogP contribution in [0.25, 0.3) is 0 Å². The standard InChI is InChI=1S/C20H24N2O3/c1-14-5-4-6-16(11-14)20(7-9-25-10-8-20)19(23)22-17-12-15(2)18(24-3)21-13-17/h4-6,11-13H,7-10H2,1-3H3,(H,22,23). The lowest BCUT2D eigenvalue weighted by Gasteiger charge is -2.36. The van der Waals surface area contributed by atoms with E-state index in [0.29, 0.717) is 37.6 Å². The number of ether oxygens (including phenoxy) is 2. The second-order valence-electron chi connectivity index (χ2n) is 6.57. The van der Waals surface area contributed by atoms with Crippen molar-refractivity contribution in [3.63, 3.8) is 0 Å². The molecular weight excluding hydrogens is 316 g/mol. The minimum absolute atomic E-state index is 0.00670. The summed E-state index contributed by atoms with van der Waals surface area (Å²) in [6, 6.07) is 10.1. The van der Waals surface area contributed by atoms with Crippen molar-refractivity contribution in [1.82, 2.24) is 4.98 Å². The van der Waals surface area contributed by atoms with Gasteiger partial charge in [0, 0.05) is 18.8 Å². The number of amides is 1. The number of hydrogen-bond acceptors (Lipinski definition) is 4. The number of rotatable bonds is 4. The number of aryl methyl sites for hydroxylation is 2. The molecule has 0 saturated carbocycles. The van der Waals surface area contributed by atoms with Crippen LogP contribution < -0.4 is 10.1 Å². The van der Waals surface area contributed by atoms with Gasteiger partial charge in [-0.25, -0.2) is 4.98 Å². The number of benzene rings is 1. The number of pyridine rings is 1. The maximum atomic E-state index is 13.2. The molecule has 5 heteroatoms.